The summed E-state index contributed by atoms with van der Waals surface area (Å²) in [5, 5.41) is 22.4. The lowest BCUT2D eigenvalue weighted by Crippen LogP contribution is -2.72. The number of esters is 2. The molecule has 0 bridgehead atoms. The lowest BCUT2D eigenvalue weighted by molar-refractivity contribution is -0.384. The molecule has 0 saturated carbocycles. The standard InChI is InChI=1S/C78H100N5O28PSi/c1-44(84)79-60-68(99-48(5)88)64(56(40-94-38-51-24-16-12-17-25-51)101-74(60)96-37-36-50-32-34-55(35-33-50)83(90)91)107-75-62(81-46(3)86)70(66-58(102-75)42-97-72(105-66)53-28-20-14-21-29-53)109-112(92,93)110-77-61(80-45(2)85)69(100-49(6)89)65(57(104-77)41-95-39-52-26-18-13-19-27-52)108-76-63(82-47(4)87)71(111-113(10,11)78(7,8)9)67-59(103-76)43-98-73(106-67)54-30-22-15-23-31-54/h12-35,56-77H,36-43H2,1-11H3,(H,79,84)(H,80,85)(H,81,86)(H,82,87)(H,92,93)/t56-,57-,58-,59-,60-,61-,62-,63-,64+,65+,66+,67+,68-,69-,70-,71-,72+,73+,74+,75+,76+,77-/m1/s1. The number of benzene rings is 5. The Morgan fingerprint density at radius 1 is 0.504 bits per heavy atom. The first kappa shape index (κ1) is 86.0. The summed E-state index contributed by atoms with van der Waals surface area (Å²) in [6.07, 6.45) is -25.9. The second-order valence-corrected chi connectivity index (χ2v) is 35.9. The Kier molecular flexibility index (Phi) is 29.4. The van der Waals surface area contributed by atoms with E-state index in [2.05, 4.69) is 42.0 Å². The lowest BCUT2D eigenvalue weighted by Gasteiger charge is -2.54. The molecule has 11 rings (SSSR count). The molecule has 0 aromatic heterocycles. The second kappa shape index (κ2) is 38.7. The van der Waals surface area contributed by atoms with Crippen LogP contribution in [0.1, 0.15) is 103 Å². The highest BCUT2D eigenvalue weighted by Crippen LogP contribution is 2.52. The molecule has 6 saturated heterocycles. The summed E-state index contributed by atoms with van der Waals surface area (Å²) in [6.45, 7) is 15.8. The molecule has 6 aliphatic heterocycles. The summed E-state index contributed by atoms with van der Waals surface area (Å²) in [4.78, 5) is 106. The first-order valence-corrected chi connectivity index (χ1v) is 41.7. The number of ether oxygens (including phenoxy) is 15. The van der Waals surface area contributed by atoms with Gasteiger partial charge in [0, 0.05) is 64.8 Å². The number of carbonyl (C=O) groups is 6. The third kappa shape index (κ3) is 22.8. The van der Waals surface area contributed by atoms with Crippen molar-refractivity contribution in [1.82, 2.24) is 21.3 Å². The number of non-ortho nitro benzene ring substituents is 1. The van der Waals surface area contributed by atoms with E-state index in [1.54, 1.807) is 66.7 Å². The van der Waals surface area contributed by atoms with Crippen LogP contribution < -0.4 is 21.3 Å². The van der Waals surface area contributed by atoms with Gasteiger partial charge in [0.2, 0.25) is 23.6 Å². The monoisotopic (exact) mass is 1610 g/mol. The van der Waals surface area contributed by atoms with Gasteiger partial charge in [-0.1, -0.05) is 154 Å². The number of carbonyl (C=O) groups excluding carboxylic acids is 6. The van der Waals surface area contributed by atoms with E-state index in [0.29, 0.717) is 22.3 Å². The lowest BCUT2D eigenvalue weighted by atomic mass is 9.93. The molecule has 5 aromatic rings. The zero-order valence-corrected chi connectivity index (χ0v) is 66.5. The van der Waals surface area contributed by atoms with Crippen LogP contribution in [-0.2, 0) is 137 Å². The minimum Gasteiger partial charge on any atom is -0.457 e. The minimum absolute atomic E-state index is 0.0119. The Morgan fingerprint density at radius 3 is 1.32 bits per heavy atom. The van der Waals surface area contributed by atoms with Gasteiger partial charge in [-0.3, -0.25) is 47.9 Å². The molecular formula is C78H100N5O28PSi. The van der Waals surface area contributed by atoms with Gasteiger partial charge in [0.1, 0.15) is 79.1 Å². The van der Waals surface area contributed by atoms with Crippen LogP contribution >= 0.6 is 7.82 Å². The zero-order valence-electron chi connectivity index (χ0n) is 64.6. The zero-order chi connectivity index (χ0) is 80.9. The van der Waals surface area contributed by atoms with E-state index in [1.807, 2.05) is 79.8 Å². The maximum atomic E-state index is 15.8. The van der Waals surface area contributed by atoms with Crippen LogP contribution in [-0.4, -0.2) is 209 Å². The van der Waals surface area contributed by atoms with Gasteiger partial charge >= 0.3 is 19.8 Å². The number of amides is 4. The van der Waals surface area contributed by atoms with E-state index in [1.165, 1.54) is 26.0 Å². The average molecular weight is 1610 g/mol. The molecule has 5 N–H and O–H groups in total. The van der Waals surface area contributed by atoms with Crippen LogP contribution in [0.15, 0.2) is 146 Å². The van der Waals surface area contributed by atoms with Gasteiger partial charge in [0.25, 0.3) is 5.69 Å². The van der Waals surface area contributed by atoms with Crippen molar-refractivity contribution >= 4 is 57.4 Å². The number of fused-ring (bicyclic) bond motifs is 2. The third-order valence-corrected chi connectivity index (χ3v) is 25.6. The number of phosphoric ester groups is 1. The molecule has 0 aliphatic carbocycles. The summed E-state index contributed by atoms with van der Waals surface area (Å²) >= 11 is 0. The molecule has 33 nitrogen and oxygen atoms in total. The van der Waals surface area contributed by atoms with Crippen molar-refractivity contribution in [2.24, 2.45) is 0 Å². The van der Waals surface area contributed by atoms with Gasteiger partial charge in [-0.25, -0.2) is 4.57 Å². The van der Waals surface area contributed by atoms with Gasteiger partial charge in [-0.2, -0.15) is 0 Å². The number of hydrogen-bond acceptors (Lipinski definition) is 27. The minimum atomic E-state index is -5.91. The highest BCUT2D eigenvalue weighted by Gasteiger charge is 2.61. The number of nitro benzene ring substituents is 1. The highest BCUT2D eigenvalue weighted by atomic mass is 31.2. The van der Waals surface area contributed by atoms with Gasteiger partial charge < -0.3 is 102 Å². The van der Waals surface area contributed by atoms with Gasteiger partial charge in [-0.15, -0.1) is 0 Å². The smallest absolute Gasteiger partial charge is 0.457 e. The highest BCUT2D eigenvalue weighted by molar-refractivity contribution is 7.47. The Labute approximate surface area is 655 Å². The molecule has 614 valence electrons. The molecule has 0 radical (unpaired) electrons. The SMILES string of the molecule is CC(=O)N[C@H]1[C@H](O[C@@H]2[C@H](OC(C)=O)[C@@H](NC(C)=O)[C@@H](OP(=O)(O)O[C@@H]3[C@@H](NC(C)=O)[C@H](O[C@@H]4[C@H](OC(C)=O)[C@@H](NC(C)=O)[C@@H](OCCc5ccc([N+](=O)[O-])cc5)O[C@@H]4COCc4ccccc4)O[C@@H]4CO[C@H](c5ccccc5)O[C@H]34)O[C@@H]2COCc2ccccc2)O[C@@H]2CO[C@H](c3ccccc3)O[C@@H]2[C@@H]1O[Si](C)(C)C(C)(C)C. The molecule has 113 heavy (non-hydrogen) atoms. The molecule has 6 fully saturated rings. The Balaban J connectivity index is 0.954. The molecule has 6 aliphatic rings. The van der Waals surface area contributed by atoms with E-state index in [9.17, 15) is 43.8 Å². The molecular weight excluding hydrogens is 1510 g/mol. The molecule has 0 spiro atoms. The van der Waals surface area contributed by atoms with Gasteiger partial charge in [-0.05, 0) is 41.2 Å². The summed E-state index contributed by atoms with van der Waals surface area (Å²) in [7, 11) is -8.76. The molecule has 6 heterocycles. The molecule has 4 amide bonds. The van der Waals surface area contributed by atoms with E-state index in [-0.39, 0.29) is 51.7 Å². The quantitative estimate of drug-likeness (QED) is 0.00957. The van der Waals surface area contributed by atoms with Crippen LogP contribution in [0.25, 0.3) is 0 Å². The number of nitrogens with one attached hydrogen (secondary N) is 4. The maximum Gasteiger partial charge on any atom is 0.475 e. The normalized spacial score (nSPS) is 31.0. The predicted octanol–water partition coefficient (Wildman–Crippen LogP) is 7.26. The second-order valence-electron chi connectivity index (χ2n) is 29.8. The Morgan fingerprint density at radius 2 is 0.903 bits per heavy atom. The summed E-state index contributed by atoms with van der Waals surface area (Å²) < 4.78 is 134. The molecule has 35 heteroatoms. The fourth-order valence-electron chi connectivity index (χ4n) is 14.0. The van der Waals surface area contributed by atoms with Crippen molar-refractivity contribution in [2.75, 3.05) is 33.0 Å². The number of rotatable bonds is 31. The van der Waals surface area contributed by atoms with Crippen LogP contribution in [0, 0.1) is 10.1 Å². The predicted molar refractivity (Wildman–Crippen MR) is 399 cm³/mol. The van der Waals surface area contributed by atoms with Crippen molar-refractivity contribution in [3.8, 4) is 0 Å². The molecule has 5 aromatic carbocycles. The fraction of sp³-hybridized carbons (Fsp3) is 0.538. The number of nitrogens with zero attached hydrogens (tertiary/aromatic N) is 1. The first-order valence-electron chi connectivity index (χ1n) is 37.3. The molecule has 23 atom stereocenters. The van der Waals surface area contributed by atoms with Gasteiger partial charge in [0.15, 0.2) is 58.3 Å². The van der Waals surface area contributed by atoms with Crippen molar-refractivity contribution < 1.29 is 128 Å². The largest absolute Gasteiger partial charge is 0.475 e. The number of hydrogen-bond donors (Lipinski definition) is 5. The fourth-order valence-corrected chi connectivity index (χ4v) is 16.4. The van der Waals surface area contributed by atoms with Crippen molar-refractivity contribution in [3.05, 3.63) is 184 Å². The maximum absolute atomic E-state index is 15.8. The van der Waals surface area contributed by atoms with Crippen LogP contribution in [0.3, 0.4) is 0 Å². The molecule has 1 unspecified atom stereocenters. The Bertz CT molecular complexity index is 4050. The van der Waals surface area contributed by atoms with Crippen molar-refractivity contribution in [2.45, 2.75) is 235 Å². The Hall–Kier alpha value is -7.91. The van der Waals surface area contributed by atoms with Gasteiger partial charge in [0.05, 0.1) is 57.3 Å². The topological polar surface area (TPSA) is 397 Å². The van der Waals surface area contributed by atoms with E-state index >= 15 is 4.57 Å². The summed E-state index contributed by atoms with van der Waals surface area (Å²) in [5.74, 6) is -4.52. The van der Waals surface area contributed by atoms with E-state index in [4.69, 9.17) is 84.5 Å². The van der Waals surface area contributed by atoms with E-state index < -0.39 is 203 Å². The van der Waals surface area contributed by atoms with E-state index in [0.717, 1.165) is 33.3 Å². The average Bonchev–Trinajstić information content (AvgIpc) is 0.754. The summed E-state index contributed by atoms with van der Waals surface area (Å²) in [6, 6.07) is 35.6. The van der Waals surface area contributed by atoms with Crippen LogP contribution in [0.4, 0.5) is 5.69 Å². The number of phosphoric acid groups is 1. The third-order valence-electron chi connectivity index (χ3n) is 20.1. The summed E-state index contributed by atoms with van der Waals surface area (Å²) in [5.41, 5.74) is 3.16. The van der Waals surface area contributed by atoms with Crippen LogP contribution in [0.2, 0.25) is 18.1 Å². The van der Waals surface area contributed by atoms with Crippen LogP contribution in [0.5, 0.6) is 0 Å². The first-order chi connectivity index (χ1) is 53.9. The number of nitro groups is 1. The van der Waals surface area contributed by atoms with Crippen molar-refractivity contribution in [3.63, 3.8) is 0 Å². The van der Waals surface area contributed by atoms with Crippen molar-refractivity contribution in [1.29, 1.82) is 0 Å².